The van der Waals surface area contributed by atoms with Gasteiger partial charge in [-0.3, -0.25) is 0 Å². The summed E-state index contributed by atoms with van der Waals surface area (Å²) >= 11 is 0. The third kappa shape index (κ3) is 3.91. The zero-order valence-corrected chi connectivity index (χ0v) is 9.20. The second-order valence-electron chi connectivity index (χ2n) is 4.38. The van der Waals surface area contributed by atoms with E-state index < -0.39 is 0 Å². The molecule has 0 aromatic rings. The van der Waals surface area contributed by atoms with Crippen molar-refractivity contribution in [2.24, 2.45) is 11.8 Å². The Bertz CT molecular complexity index is 234. The van der Waals surface area contributed by atoms with Gasteiger partial charge in [-0.05, 0) is 45.4 Å². The van der Waals surface area contributed by atoms with Gasteiger partial charge in [-0.25, -0.2) is 0 Å². The highest BCUT2D eigenvalue weighted by Crippen LogP contribution is 2.24. The first-order valence-corrected chi connectivity index (χ1v) is 5.49. The molecule has 0 N–H and O–H groups in total. The molecule has 0 amide bonds. The second-order valence-corrected chi connectivity index (χ2v) is 4.38. The largest absolute Gasteiger partial charge is 0.303 e. The van der Waals surface area contributed by atoms with Gasteiger partial charge in [0.1, 0.15) is 6.29 Å². The van der Waals surface area contributed by atoms with Gasteiger partial charge in [-0.1, -0.05) is 23.8 Å². The van der Waals surface area contributed by atoms with E-state index in [1.165, 1.54) is 24.8 Å². The minimum absolute atomic E-state index is 0.190. The first kappa shape index (κ1) is 11.2. The van der Waals surface area contributed by atoms with Crippen LogP contribution in [0.1, 0.15) is 39.5 Å². The van der Waals surface area contributed by atoms with Gasteiger partial charge in [0.05, 0.1) is 0 Å². The van der Waals surface area contributed by atoms with Gasteiger partial charge < -0.3 is 4.79 Å². The summed E-state index contributed by atoms with van der Waals surface area (Å²) in [7, 11) is 0. The smallest absolute Gasteiger partial charge is 0.126 e. The molecule has 1 aliphatic carbocycles. The summed E-state index contributed by atoms with van der Waals surface area (Å²) in [5.74, 6) is 0.886. The second kappa shape index (κ2) is 5.79. The van der Waals surface area contributed by atoms with Crippen LogP contribution in [0.15, 0.2) is 23.8 Å². The van der Waals surface area contributed by atoms with E-state index in [0.717, 1.165) is 12.7 Å². The molecular formula is C13H20O. The summed E-state index contributed by atoms with van der Waals surface area (Å²) in [6.45, 7) is 4.28. The monoisotopic (exact) mass is 192 g/mol. The summed E-state index contributed by atoms with van der Waals surface area (Å²) in [5, 5.41) is 0. The topological polar surface area (TPSA) is 17.1 Å². The lowest BCUT2D eigenvalue weighted by Gasteiger charge is -2.18. The number of allylic oxidation sites excluding steroid dienone is 4. The van der Waals surface area contributed by atoms with Gasteiger partial charge >= 0.3 is 0 Å². The zero-order chi connectivity index (χ0) is 10.4. The molecule has 0 saturated heterocycles. The molecule has 14 heavy (non-hydrogen) atoms. The van der Waals surface area contributed by atoms with Gasteiger partial charge in [-0.2, -0.15) is 0 Å². The van der Waals surface area contributed by atoms with E-state index in [-0.39, 0.29) is 5.92 Å². The van der Waals surface area contributed by atoms with Crippen LogP contribution in [-0.4, -0.2) is 6.29 Å². The highest BCUT2D eigenvalue weighted by Gasteiger charge is 2.13. The van der Waals surface area contributed by atoms with Crippen molar-refractivity contribution in [1.29, 1.82) is 0 Å². The molecule has 0 aromatic carbocycles. The Morgan fingerprint density at radius 1 is 1.36 bits per heavy atom. The van der Waals surface area contributed by atoms with Crippen molar-refractivity contribution in [3.8, 4) is 0 Å². The lowest BCUT2D eigenvalue weighted by molar-refractivity contribution is -0.110. The Kier molecular flexibility index (Phi) is 4.64. The Morgan fingerprint density at radius 2 is 2.14 bits per heavy atom. The molecule has 1 heteroatoms. The SMILES string of the molecule is CC(C)=CCCC1C=CC(C=O)CC1. The van der Waals surface area contributed by atoms with E-state index in [9.17, 15) is 4.79 Å². The molecule has 0 heterocycles. The molecule has 0 spiro atoms. The van der Waals surface area contributed by atoms with Crippen molar-refractivity contribution in [2.45, 2.75) is 39.5 Å². The standard InChI is InChI=1S/C13H20O/c1-11(2)4-3-5-12-6-8-13(10-14)9-7-12/h4,6,8,10,12-13H,3,5,7,9H2,1-2H3. The fourth-order valence-electron chi connectivity index (χ4n) is 1.84. The molecule has 2 unspecified atom stereocenters. The number of rotatable bonds is 4. The summed E-state index contributed by atoms with van der Waals surface area (Å²) in [6.07, 6.45) is 12.3. The predicted molar refractivity (Wildman–Crippen MR) is 60.1 cm³/mol. The van der Waals surface area contributed by atoms with Gasteiger partial charge in [-0.15, -0.1) is 0 Å². The maximum Gasteiger partial charge on any atom is 0.126 e. The molecule has 0 saturated carbocycles. The van der Waals surface area contributed by atoms with Crippen LogP contribution in [0.2, 0.25) is 0 Å². The minimum atomic E-state index is 0.190. The maximum atomic E-state index is 10.5. The molecule has 2 atom stereocenters. The number of hydrogen-bond donors (Lipinski definition) is 0. The number of aldehydes is 1. The van der Waals surface area contributed by atoms with Crippen LogP contribution in [0, 0.1) is 11.8 Å². The quantitative estimate of drug-likeness (QED) is 0.492. The third-order valence-electron chi connectivity index (χ3n) is 2.77. The van der Waals surface area contributed by atoms with Crippen molar-refractivity contribution < 1.29 is 4.79 Å². The summed E-state index contributed by atoms with van der Waals surface area (Å²) < 4.78 is 0. The van der Waals surface area contributed by atoms with Crippen LogP contribution in [0.5, 0.6) is 0 Å². The number of carbonyl (C=O) groups is 1. The number of hydrogen-bond acceptors (Lipinski definition) is 1. The van der Waals surface area contributed by atoms with E-state index in [2.05, 4.69) is 32.1 Å². The van der Waals surface area contributed by atoms with Crippen LogP contribution in [0.4, 0.5) is 0 Å². The number of carbonyl (C=O) groups excluding carboxylic acids is 1. The van der Waals surface area contributed by atoms with Gasteiger partial charge in [0, 0.05) is 5.92 Å². The molecular weight excluding hydrogens is 172 g/mol. The lowest BCUT2D eigenvalue weighted by atomic mass is 9.86. The van der Waals surface area contributed by atoms with Crippen LogP contribution < -0.4 is 0 Å². The average molecular weight is 192 g/mol. The summed E-state index contributed by atoms with van der Waals surface area (Å²) in [5.41, 5.74) is 1.40. The molecule has 0 aromatic heterocycles. The van der Waals surface area contributed by atoms with Crippen LogP contribution in [-0.2, 0) is 4.79 Å². The molecule has 1 nitrogen and oxygen atoms in total. The highest BCUT2D eigenvalue weighted by molar-refractivity contribution is 5.56. The predicted octanol–water partition coefficient (Wildman–Crippen LogP) is 3.51. The lowest BCUT2D eigenvalue weighted by Crippen LogP contribution is -2.09. The van der Waals surface area contributed by atoms with Crippen molar-refractivity contribution in [3.63, 3.8) is 0 Å². The molecule has 0 fully saturated rings. The molecule has 78 valence electrons. The highest BCUT2D eigenvalue weighted by atomic mass is 16.1. The van der Waals surface area contributed by atoms with Gasteiger partial charge in [0.15, 0.2) is 0 Å². The molecule has 0 bridgehead atoms. The molecule has 1 rings (SSSR count). The van der Waals surface area contributed by atoms with Gasteiger partial charge in [0.25, 0.3) is 0 Å². The Balaban J connectivity index is 2.28. The zero-order valence-electron chi connectivity index (χ0n) is 9.20. The van der Waals surface area contributed by atoms with E-state index in [4.69, 9.17) is 0 Å². The maximum absolute atomic E-state index is 10.5. The summed E-state index contributed by atoms with van der Waals surface area (Å²) in [6, 6.07) is 0. The van der Waals surface area contributed by atoms with Crippen molar-refractivity contribution >= 4 is 6.29 Å². The van der Waals surface area contributed by atoms with Crippen molar-refractivity contribution in [2.75, 3.05) is 0 Å². The van der Waals surface area contributed by atoms with Crippen LogP contribution >= 0.6 is 0 Å². The minimum Gasteiger partial charge on any atom is -0.303 e. The van der Waals surface area contributed by atoms with E-state index in [1.54, 1.807) is 0 Å². The normalized spacial score (nSPS) is 25.9. The van der Waals surface area contributed by atoms with E-state index in [0.29, 0.717) is 5.92 Å². The van der Waals surface area contributed by atoms with Gasteiger partial charge in [0.2, 0.25) is 0 Å². The Morgan fingerprint density at radius 3 is 2.64 bits per heavy atom. The third-order valence-corrected chi connectivity index (χ3v) is 2.77. The Hall–Kier alpha value is -0.850. The van der Waals surface area contributed by atoms with Crippen molar-refractivity contribution in [3.05, 3.63) is 23.8 Å². The first-order valence-electron chi connectivity index (χ1n) is 5.49. The molecule has 0 aliphatic heterocycles. The van der Waals surface area contributed by atoms with Crippen molar-refractivity contribution in [1.82, 2.24) is 0 Å². The molecule has 1 aliphatic rings. The Labute approximate surface area is 86.9 Å². The van der Waals surface area contributed by atoms with E-state index in [1.807, 2.05) is 0 Å². The van der Waals surface area contributed by atoms with E-state index >= 15 is 0 Å². The molecule has 0 radical (unpaired) electrons. The van der Waals surface area contributed by atoms with Crippen LogP contribution in [0.3, 0.4) is 0 Å². The first-order chi connectivity index (χ1) is 6.72. The summed E-state index contributed by atoms with van der Waals surface area (Å²) in [4.78, 5) is 10.5. The van der Waals surface area contributed by atoms with Crippen LogP contribution in [0.25, 0.3) is 0 Å². The average Bonchev–Trinajstić information content (AvgIpc) is 2.18. The fraction of sp³-hybridized carbons (Fsp3) is 0.615. The fourth-order valence-corrected chi connectivity index (χ4v) is 1.84.